The summed E-state index contributed by atoms with van der Waals surface area (Å²) in [6.45, 7) is 0. The van der Waals surface area contributed by atoms with Gasteiger partial charge in [0.25, 0.3) is 0 Å². The zero-order chi connectivity index (χ0) is 28.4. The largest absolute Gasteiger partial charge is 0.185 e. The fraction of sp³-hybridized carbons (Fsp3) is 0.0625. The molecule has 0 aliphatic rings. The van der Waals surface area contributed by atoms with E-state index in [2.05, 4.69) is 41.2 Å². The molecule has 0 aliphatic heterocycles. The van der Waals surface area contributed by atoms with Gasteiger partial charge in [-0.25, -0.2) is 0 Å². The molecular formula is C32H22N4S4. The molecule has 0 amide bonds. The number of hydrogen-bond donors (Lipinski definition) is 0. The highest BCUT2D eigenvalue weighted by molar-refractivity contribution is 8.20. The van der Waals surface area contributed by atoms with Crippen LogP contribution < -0.4 is 10.4 Å². The molecule has 0 aromatic heterocycles. The minimum atomic E-state index is -0.265. The standard InChI is InChI=1S/C23H16N2S2.C9H6N2S2/c24-16-26-23(27-17-25)21-13-7-12-20(14-18-8-3-1-4-9-18)22(21)15-19-10-5-2-6-11-19;10-6-12-9(13-7-11)8-4-2-1-3-5-8/h1-15,23H;1-5,9H. The minimum Gasteiger partial charge on any atom is -0.185 e. The minimum absolute atomic E-state index is 0.101. The number of rotatable bonds is 8. The summed E-state index contributed by atoms with van der Waals surface area (Å²) in [5.74, 6) is 0. The van der Waals surface area contributed by atoms with E-state index >= 15 is 0 Å². The van der Waals surface area contributed by atoms with Crippen LogP contribution in [0.15, 0.2) is 109 Å². The van der Waals surface area contributed by atoms with Gasteiger partial charge < -0.3 is 0 Å². The van der Waals surface area contributed by atoms with Crippen LogP contribution in [-0.4, -0.2) is 0 Å². The van der Waals surface area contributed by atoms with Crippen LogP contribution in [0.4, 0.5) is 0 Å². The van der Waals surface area contributed by atoms with E-state index in [9.17, 15) is 10.5 Å². The maximum absolute atomic E-state index is 9.18. The molecule has 4 aromatic carbocycles. The Kier molecular flexibility index (Phi) is 13.4. The molecule has 0 saturated carbocycles. The molecule has 0 spiro atoms. The van der Waals surface area contributed by atoms with Gasteiger partial charge >= 0.3 is 0 Å². The normalized spacial score (nSPS) is 11.1. The molecule has 4 aromatic rings. The molecule has 4 nitrogen and oxygen atoms in total. The maximum Gasteiger partial charge on any atom is 0.134 e. The summed E-state index contributed by atoms with van der Waals surface area (Å²) in [6, 6.07) is 35.8. The average Bonchev–Trinajstić information content (AvgIpc) is 3.00. The highest BCUT2D eigenvalue weighted by Gasteiger charge is 2.15. The fourth-order valence-electron chi connectivity index (χ4n) is 3.66. The lowest BCUT2D eigenvalue weighted by molar-refractivity contribution is 1.31. The van der Waals surface area contributed by atoms with Crippen molar-refractivity contribution in [3.63, 3.8) is 0 Å². The molecule has 0 atom stereocenters. The summed E-state index contributed by atoms with van der Waals surface area (Å²) in [4.78, 5) is 0. The first-order valence-electron chi connectivity index (χ1n) is 11.9. The van der Waals surface area contributed by atoms with Crippen LogP contribution in [0.2, 0.25) is 0 Å². The lowest BCUT2D eigenvalue weighted by atomic mass is 10.1. The van der Waals surface area contributed by atoms with Gasteiger partial charge in [0.05, 0.1) is 0 Å². The first-order chi connectivity index (χ1) is 19.7. The van der Waals surface area contributed by atoms with Crippen molar-refractivity contribution in [2.75, 3.05) is 0 Å². The average molecular weight is 591 g/mol. The summed E-state index contributed by atoms with van der Waals surface area (Å²) in [7, 11) is 0. The van der Waals surface area contributed by atoms with Crippen LogP contribution in [0.25, 0.3) is 12.2 Å². The van der Waals surface area contributed by atoms with Crippen LogP contribution in [0, 0.1) is 42.7 Å². The zero-order valence-electron chi connectivity index (χ0n) is 21.1. The van der Waals surface area contributed by atoms with Crippen molar-refractivity contribution in [1.82, 2.24) is 0 Å². The van der Waals surface area contributed by atoms with Gasteiger partial charge in [0.2, 0.25) is 0 Å². The van der Waals surface area contributed by atoms with E-state index in [0.717, 1.165) is 79.7 Å². The topological polar surface area (TPSA) is 95.2 Å². The van der Waals surface area contributed by atoms with E-state index in [0.29, 0.717) is 0 Å². The number of thiocyanates is 4. The molecule has 0 aliphatic carbocycles. The second kappa shape index (κ2) is 17.5. The van der Waals surface area contributed by atoms with Gasteiger partial charge in [0.1, 0.15) is 30.8 Å². The van der Waals surface area contributed by atoms with Gasteiger partial charge in [-0.05, 0) is 91.9 Å². The van der Waals surface area contributed by atoms with Gasteiger partial charge in [-0.3, -0.25) is 0 Å². The van der Waals surface area contributed by atoms with Crippen LogP contribution >= 0.6 is 47.0 Å². The monoisotopic (exact) mass is 590 g/mol. The second-order valence-corrected chi connectivity index (χ2v) is 12.0. The van der Waals surface area contributed by atoms with E-state index in [1.807, 2.05) is 102 Å². The van der Waals surface area contributed by atoms with Crippen molar-refractivity contribution >= 4 is 59.2 Å². The van der Waals surface area contributed by atoms with Crippen molar-refractivity contribution in [2.24, 2.45) is 0 Å². The first-order valence-corrected chi connectivity index (χ1v) is 15.4. The Balaban J connectivity index is 0.000000285. The lowest BCUT2D eigenvalue weighted by Gasteiger charge is -2.10. The smallest absolute Gasteiger partial charge is 0.134 e. The highest BCUT2D eigenvalue weighted by atomic mass is 32.2. The van der Waals surface area contributed by atoms with E-state index in [-0.39, 0.29) is 9.16 Å². The SMILES string of the molecule is N#CSC(SC#N)c1cccc(=Cc2ccccc2)c1=Cc1ccccc1.N#CSC(SC#N)c1ccccc1. The number of benzene rings is 4. The molecule has 194 valence electrons. The van der Waals surface area contributed by atoms with E-state index < -0.39 is 0 Å². The lowest BCUT2D eigenvalue weighted by Crippen LogP contribution is -2.29. The van der Waals surface area contributed by atoms with Crippen LogP contribution in [0.1, 0.15) is 31.4 Å². The molecule has 4 rings (SSSR count). The van der Waals surface area contributed by atoms with Crippen molar-refractivity contribution in [3.8, 4) is 21.6 Å². The third kappa shape index (κ3) is 9.62. The first kappa shape index (κ1) is 30.5. The quantitative estimate of drug-likeness (QED) is 0.151. The van der Waals surface area contributed by atoms with Gasteiger partial charge in [-0.1, -0.05) is 109 Å². The van der Waals surface area contributed by atoms with E-state index in [1.54, 1.807) is 0 Å². The zero-order valence-corrected chi connectivity index (χ0v) is 24.4. The Bertz CT molecular complexity index is 1620. The highest BCUT2D eigenvalue weighted by Crippen LogP contribution is 2.38. The predicted octanol–water partition coefficient (Wildman–Crippen LogP) is 7.89. The van der Waals surface area contributed by atoms with E-state index in [1.165, 1.54) is 0 Å². The number of nitriles is 4. The molecule has 0 unspecified atom stereocenters. The third-order valence-corrected chi connectivity index (χ3v) is 8.86. The Morgan fingerprint density at radius 3 is 1.43 bits per heavy atom. The van der Waals surface area contributed by atoms with Crippen molar-refractivity contribution in [1.29, 1.82) is 21.0 Å². The van der Waals surface area contributed by atoms with Crippen molar-refractivity contribution in [2.45, 2.75) is 9.16 Å². The summed E-state index contributed by atoms with van der Waals surface area (Å²) in [6.07, 6.45) is 4.25. The maximum atomic E-state index is 9.18. The molecule has 0 bridgehead atoms. The Morgan fingerprint density at radius 2 is 0.925 bits per heavy atom. The molecule has 0 N–H and O–H groups in total. The molecular weight excluding hydrogens is 569 g/mol. The Hall–Kier alpha value is -4.02. The number of thioether (sulfide) groups is 4. The third-order valence-electron chi connectivity index (χ3n) is 5.37. The van der Waals surface area contributed by atoms with E-state index in [4.69, 9.17) is 10.5 Å². The van der Waals surface area contributed by atoms with Crippen LogP contribution in [0.5, 0.6) is 0 Å². The number of nitrogens with zero attached hydrogens (tertiary/aromatic N) is 4. The summed E-state index contributed by atoms with van der Waals surface area (Å²) >= 11 is 4.41. The summed E-state index contributed by atoms with van der Waals surface area (Å²) in [5, 5.41) is 45.7. The second-order valence-electron chi connectivity index (χ2n) is 7.87. The molecule has 0 fully saturated rings. The molecule has 40 heavy (non-hydrogen) atoms. The predicted molar refractivity (Wildman–Crippen MR) is 170 cm³/mol. The Labute approximate surface area is 251 Å². The van der Waals surface area contributed by atoms with Gasteiger partial charge in [0, 0.05) is 0 Å². The van der Waals surface area contributed by atoms with Crippen molar-refractivity contribution in [3.05, 3.63) is 142 Å². The van der Waals surface area contributed by atoms with Gasteiger partial charge in [0.15, 0.2) is 0 Å². The fourth-order valence-corrected chi connectivity index (χ4v) is 6.19. The number of hydrogen-bond acceptors (Lipinski definition) is 8. The van der Waals surface area contributed by atoms with Crippen LogP contribution in [0.3, 0.4) is 0 Å². The van der Waals surface area contributed by atoms with Crippen LogP contribution in [-0.2, 0) is 0 Å². The Morgan fingerprint density at radius 1 is 0.475 bits per heavy atom. The molecule has 8 heteroatoms. The molecule has 0 radical (unpaired) electrons. The summed E-state index contributed by atoms with van der Waals surface area (Å²) in [5.41, 5.74) is 4.16. The molecule has 0 heterocycles. The summed E-state index contributed by atoms with van der Waals surface area (Å²) < 4.78 is -0.365. The molecule has 0 saturated heterocycles. The van der Waals surface area contributed by atoms with Gasteiger partial charge in [-0.15, -0.1) is 0 Å². The van der Waals surface area contributed by atoms with Gasteiger partial charge in [-0.2, -0.15) is 21.0 Å². The van der Waals surface area contributed by atoms with Crippen molar-refractivity contribution < 1.29 is 0 Å².